The molecule has 0 saturated carbocycles. The molecule has 0 aliphatic heterocycles. The largest absolute Gasteiger partial charge is 0.353 e. The lowest BCUT2D eigenvalue weighted by Crippen LogP contribution is -2.09. The van der Waals surface area contributed by atoms with E-state index in [9.17, 15) is 0 Å². The average molecular weight is 319 g/mol. The lowest BCUT2D eigenvalue weighted by molar-refractivity contribution is 1.00. The quantitative estimate of drug-likeness (QED) is 0.692. The molecule has 0 amide bonds. The molecule has 112 valence electrons. The van der Waals surface area contributed by atoms with Crippen LogP contribution < -0.4 is 5.32 Å². The van der Waals surface area contributed by atoms with Crippen LogP contribution in [0.5, 0.6) is 0 Å². The molecule has 2 nitrogen and oxygen atoms in total. The van der Waals surface area contributed by atoms with Gasteiger partial charge in [0.25, 0.3) is 0 Å². The third kappa shape index (κ3) is 4.35. The normalized spacial score (nSPS) is 11.2. The minimum absolute atomic E-state index is 0.191. The zero-order chi connectivity index (χ0) is 15.9. The number of hydrogen-bond acceptors (Lipinski definition) is 2. The molecule has 3 aromatic rings. The zero-order valence-corrected chi connectivity index (χ0v) is 13.2. The molecule has 0 fully saturated rings. The molecule has 1 unspecified atom stereocenters. The fraction of sp³-hybridized carbons (Fsp3) is 0.0500. The van der Waals surface area contributed by atoms with E-state index >= 15 is 0 Å². The summed E-state index contributed by atoms with van der Waals surface area (Å²) in [6, 6.07) is 23.2. The first-order valence-corrected chi connectivity index (χ1v) is 7.69. The minimum atomic E-state index is -0.191. The van der Waals surface area contributed by atoms with Crippen LogP contribution >= 0.6 is 11.6 Å². The van der Waals surface area contributed by atoms with Crippen molar-refractivity contribution >= 4 is 17.4 Å². The number of anilines is 1. The Balaban J connectivity index is 1.92. The van der Waals surface area contributed by atoms with E-state index in [4.69, 9.17) is 11.6 Å². The van der Waals surface area contributed by atoms with Gasteiger partial charge in [-0.05, 0) is 42.0 Å². The van der Waals surface area contributed by atoms with Crippen LogP contribution in [-0.2, 0) is 0 Å². The smallest absolute Gasteiger partial charge is 0.127 e. The summed E-state index contributed by atoms with van der Waals surface area (Å²) in [6.45, 7) is 0. The second kappa shape index (κ2) is 7.49. The van der Waals surface area contributed by atoms with E-state index in [1.54, 1.807) is 6.20 Å². The predicted molar refractivity (Wildman–Crippen MR) is 95.4 cm³/mol. The molecule has 3 rings (SSSR count). The van der Waals surface area contributed by atoms with E-state index in [1.807, 2.05) is 72.8 Å². The van der Waals surface area contributed by atoms with Gasteiger partial charge in [-0.1, -0.05) is 59.8 Å². The Morgan fingerprint density at radius 1 is 0.913 bits per heavy atom. The van der Waals surface area contributed by atoms with Crippen molar-refractivity contribution in [2.75, 3.05) is 5.32 Å². The van der Waals surface area contributed by atoms with Crippen LogP contribution in [0.15, 0.2) is 79.0 Å². The Labute approximate surface area is 141 Å². The Bertz CT molecular complexity index is 820. The molecule has 1 heterocycles. The highest BCUT2D eigenvalue weighted by molar-refractivity contribution is 6.30. The van der Waals surface area contributed by atoms with Gasteiger partial charge in [0.1, 0.15) is 11.9 Å². The van der Waals surface area contributed by atoms with Gasteiger partial charge in [-0.15, -0.1) is 0 Å². The standard InChI is InChI=1S/C20H15ClN2/c21-18-10-6-9-17(15-18)19(23-20-11-4-5-14-22-20)13-12-16-7-2-1-3-8-16/h1-11,14-15,19H,(H,22,23). The van der Waals surface area contributed by atoms with Crippen molar-refractivity contribution in [1.29, 1.82) is 0 Å². The summed E-state index contributed by atoms with van der Waals surface area (Å²) in [5.41, 5.74) is 1.98. The van der Waals surface area contributed by atoms with E-state index < -0.39 is 0 Å². The molecule has 0 spiro atoms. The van der Waals surface area contributed by atoms with Gasteiger partial charge >= 0.3 is 0 Å². The van der Waals surface area contributed by atoms with E-state index in [2.05, 4.69) is 22.1 Å². The summed E-state index contributed by atoms with van der Waals surface area (Å²) in [4.78, 5) is 4.31. The summed E-state index contributed by atoms with van der Waals surface area (Å²) in [5, 5.41) is 4.04. The predicted octanol–water partition coefficient (Wildman–Crippen LogP) is 4.94. The van der Waals surface area contributed by atoms with Crippen LogP contribution in [0.1, 0.15) is 17.2 Å². The summed E-state index contributed by atoms with van der Waals surface area (Å²) in [5.74, 6) is 7.25. The van der Waals surface area contributed by atoms with Crippen molar-refractivity contribution < 1.29 is 0 Å². The highest BCUT2D eigenvalue weighted by Crippen LogP contribution is 2.21. The molecule has 2 aromatic carbocycles. The molecule has 3 heteroatoms. The lowest BCUT2D eigenvalue weighted by Gasteiger charge is -2.14. The summed E-state index contributed by atoms with van der Waals surface area (Å²) in [6.07, 6.45) is 1.75. The SMILES string of the molecule is Clc1cccc(C(C#Cc2ccccc2)Nc2ccccn2)c1. The third-order valence-corrected chi connectivity index (χ3v) is 3.51. The number of nitrogens with one attached hydrogen (secondary N) is 1. The first-order valence-electron chi connectivity index (χ1n) is 7.31. The second-order valence-electron chi connectivity index (χ2n) is 4.98. The van der Waals surface area contributed by atoms with Crippen molar-refractivity contribution in [1.82, 2.24) is 4.98 Å². The lowest BCUT2D eigenvalue weighted by atomic mass is 10.1. The Morgan fingerprint density at radius 3 is 2.48 bits per heavy atom. The molecule has 0 radical (unpaired) electrons. The third-order valence-electron chi connectivity index (χ3n) is 3.27. The molecule has 1 N–H and O–H groups in total. The van der Waals surface area contributed by atoms with Gasteiger partial charge in [-0.25, -0.2) is 4.98 Å². The van der Waals surface area contributed by atoms with Crippen LogP contribution in [0.3, 0.4) is 0 Å². The maximum atomic E-state index is 6.12. The minimum Gasteiger partial charge on any atom is -0.353 e. The van der Waals surface area contributed by atoms with Crippen LogP contribution in [0, 0.1) is 11.8 Å². The highest BCUT2D eigenvalue weighted by atomic mass is 35.5. The van der Waals surface area contributed by atoms with Gasteiger partial charge in [-0.3, -0.25) is 0 Å². The van der Waals surface area contributed by atoms with Crippen molar-refractivity contribution in [2.24, 2.45) is 0 Å². The first-order chi connectivity index (χ1) is 11.3. The second-order valence-corrected chi connectivity index (χ2v) is 5.42. The van der Waals surface area contributed by atoms with Gasteiger partial charge in [0.2, 0.25) is 0 Å². The number of benzene rings is 2. The average Bonchev–Trinajstić information content (AvgIpc) is 2.60. The van der Waals surface area contributed by atoms with Gasteiger partial charge < -0.3 is 5.32 Å². The number of hydrogen-bond donors (Lipinski definition) is 1. The molecule has 0 aliphatic carbocycles. The molecule has 23 heavy (non-hydrogen) atoms. The molecule has 0 aliphatic rings. The molecular formula is C20H15ClN2. The molecule has 1 aromatic heterocycles. The van der Waals surface area contributed by atoms with Gasteiger partial charge in [0.15, 0.2) is 0 Å². The maximum absolute atomic E-state index is 6.12. The molecule has 0 saturated heterocycles. The first kappa shape index (κ1) is 15.1. The zero-order valence-electron chi connectivity index (χ0n) is 12.4. The van der Waals surface area contributed by atoms with E-state index in [0.717, 1.165) is 16.9 Å². The van der Waals surface area contributed by atoms with E-state index in [1.165, 1.54) is 0 Å². The highest BCUT2D eigenvalue weighted by Gasteiger charge is 2.09. The van der Waals surface area contributed by atoms with Gasteiger partial charge in [0, 0.05) is 16.8 Å². The summed E-state index contributed by atoms with van der Waals surface area (Å²) in [7, 11) is 0. The van der Waals surface area contributed by atoms with Crippen LogP contribution in [0.2, 0.25) is 5.02 Å². The van der Waals surface area contributed by atoms with Crippen molar-refractivity contribution in [3.63, 3.8) is 0 Å². The molecule has 1 atom stereocenters. The van der Waals surface area contributed by atoms with Crippen LogP contribution in [0.4, 0.5) is 5.82 Å². The van der Waals surface area contributed by atoms with E-state index in [0.29, 0.717) is 5.02 Å². The van der Waals surface area contributed by atoms with Crippen LogP contribution in [-0.4, -0.2) is 4.98 Å². The number of rotatable bonds is 3. The topological polar surface area (TPSA) is 24.9 Å². The summed E-state index contributed by atoms with van der Waals surface area (Å²) < 4.78 is 0. The summed E-state index contributed by atoms with van der Waals surface area (Å²) >= 11 is 6.12. The van der Waals surface area contributed by atoms with Gasteiger partial charge in [0.05, 0.1) is 0 Å². The maximum Gasteiger partial charge on any atom is 0.127 e. The number of aromatic nitrogens is 1. The Morgan fingerprint density at radius 2 is 1.74 bits per heavy atom. The monoisotopic (exact) mass is 318 g/mol. The van der Waals surface area contributed by atoms with Crippen molar-refractivity contribution in [2.45, 2.75) is 6.04 Å². The van der Waals surface area contributed by atoms with Crippen molar-refractivity contribution in [3.05, 3.63) is 95.1 Å². The Kier molecular flexibility index (Phi) is 4.93. The molecule has 0 bridgehead atoms. The fourth-order valence-electron chi connectivity index (χ4n) is 2.16. The van der Waals surface area contributed by atoms with E-state index in [-0.39, 0.29) is 6.04 Å². The van der Waals surface area contributed by atoms with Gasteiger partial charge in [-0.2, -0.15) is 0 Å². The van der Waals surface area contributed by atoms with Crippen LogP contribution in [0.25, 0.3) is 0 Å². The Hall–Kier alpha value is -2.76. The fourth-order valence-corrected chi connectivity index (χ4v) is 2.36. The number of pyridine rings is 1. The number of halogens is 1. The molecular weight excluding hydrogens is 304 g/mol. The number of nitrogens with zero attached hydrogens (tertiary/aromatic N) is 1. The van der Waals surface area contributed by atoms with Crippen molar-refractivity contribution in [3.8, 4) is 11.8 Å².